The number of benzene rings is 1. The molecule has 0 radical (unpaired) electrons. The van der Waals surface area contributed by atoms with Gasteiger partial charge in [0.25, 0.3) is 0 Å². The van der Waals surface area contributed by atoms with Gasteiger partial charge in [0.05, 0.1) is 17.6 Å². The molecular weight excluding hydrogens is 366 g/mol. The Morgan fingerprint density at radius 2 is 2.04 bits per heavy atom. The first kappa shape index (κ1) is 19.0. The number of ether oxygens (including phenoxy) is 1. The second-order valence-corrected chi connectivity index (χ2v) is 8.22. The molecule has 1 saturated heterocycles. The van der Waals surface area contributed by atoms with Crippen molar-refractivity contribution in [3.63, 3.8) is 0 Å². The minimum atomic E-state index is -3.59. The summed E-state index contributed by atoms with van der Waals surface area (Å²) < 4.78 is 31.9. The number of piperidine rings is 1. The number of rotatable bonds is 5. The zero-order valence-electron chi connectivity index (χ0n) is 14.6. The van der Waals surface area contributed by atoms with Crippen LogP contribution < -0.4 is 0 Å². The minimum Gasteiger partial charge on any atom is -0.461 e. The van der Waals surface area contributed by atoms with E-state index in [0.29, 0.717) is 18.4 Å². The van der Waals surface area contributed by atoms with E-state index in [2.05, 4.69) is 4.98 Å². The molecule has 7 nitrogen and oxygen atoms in total. The van der Waals surface area contributed by atoms with Gasteiger partial charge >= 0.3 is 5.97 Å². The van der Waals surface area contributed by atoms with Crippen LogP contribution in [0.3, 0.4) is 0 Å². The molecule has 0 aliphatic carbocycles. The molecule has 0 N–H and O–H groups in total. The van der Waals surface area contributed by atoms with Crippen LogP contribution in [0.1, 0.15) is 24.0 Å². The van der Waals surface area contributed by atoms with Crippen molar-refractivity contribution in [2.24, 2.45) is 5.92 Å². The van der Waals surface area contributed by atoms with Gasteiger partial charge in [-0.2, -0.15) is 9.57 Å². The maximum Gasteiger partial charge on any atom is 0.309 e. The molecule has 140 valence electrons. The molecule has 1 fully saturated rings. The Balaban J connectivity index is 1.54. The van der Waals surface area contributed by atoms with E-state index < -0.39 is 10.0 Å². The number of sulfonamides is 1. The molecule has 0 spiro atoms. The van der Waals surface area contributed by atoms with Crippen molar-refractivity contribution in [2.75, 3.05) is 13.1 Å². The summed E-state index contributed by atoms with van der Waals surface area (Å²) in [6, 6.07) is 12.0. The lowest BCUT2D eigenvalue weighted by Crippen LogP contribution is -2.40. The molecular formula is C19H19N3O4S. The number of pyridine rings is 1. The molecule has 2 aromatic rings. The van der Waals surface area contributed by atoms with Crippen LogP contribution in [0.5, 0.6) is 0 Å². The molecule has 2 heterocycles. The smallest absolute Gasteiger partial charge is 0.309 e. The van der Waals surface area contributed by atoms with Gasteiger partial charge in [0, 0.05) is 25.5 Å². The first-order chi connectivity index (χ1) is 13.0. The number of esters is 1. The zero-order chi connectivity index (χ0) is 19.3. The molecule has 1 aromatic heterocycles. The maximum atomic E-state index is 12.6. The number of carbonyl (C=O) groups is 1. The van der Waals surface area contributed by atoms with Crippen LogP contribution in [0.15, 0.2) is 53.7 Å². The highest BCUT2D eigenvalue weighted by Crippen LogP contribution is 2.24. The molecule has 0 atom stereocenters. The van der Waals surface area contributed by atoms with Gasteiger partial charge in [-0.15, -0.1) is 0 Å². The van der Waals surface area contributed by atoms with Crippen molar-refractivity contribution < 1.29 is 17.9 Å². The lowest BCUT2D eigenvalue weighted by Gasteiger charge is -2.30. The third-order valence-electron chi connectivity index (χ3n) is 4.50. The first-order valence-electron chi connectivity index (χ1n) is 8.56. The van der Waals surface area contributed by atoms with E-state index in [0.717, 1.165) is 5.56 Å². The highest BCUT2D eigenvalue weighted by Gasteiger charge is 2.32. The summed E-state index contributed by atoms with van der Waals surface area (Å²) in [6.45, 7) is 0.629. The van der Waals surface area contributed by atoms with Crippen LogP contribution in [-0.4, -0.2) is 36.8 Å². The van der Waals surface area contributed by atoms with E-state index in [9.17, 15) is 13.2 Å². The monoisotopic (exact) mass is 385 g/mol. The second kappa shape index (κ2) is 8.29. The number of nitriles is 1. The Labute approximate surface area is 158 Å². The number of hydrogen-bond acceptors (Lipinski definition) is 6. The molecule has 8 heteroatoms. The topological polar surface area (TPSA) is 100 Å². The molecule has 1 aliphatic heterocycles. The summed E-state index contributed by atoms with van der Waals surface area (Å²) in [7, 11) is -3.59. The predicted octanol–water partition coefficient (Wildman–Crippen LogP) is 2.10. The quantitative estimate of drug-likeness (QED) is 0.731. The number of carbonyl (C=O) groups excluding carboxylic acids is 1. The fourth-order valence-electron chi connectivity index (χ4n) is 2.98. The van der Waals surface area contributed by atoms with Gasteiger partial charge in [-0.3, -0.25) is 9.78 Å². The molecule has 0 saturated carbocycles. The van der Waals surface area contributed by atoms with E-state index >= 15 is 0 Å². The summed E-state index contributed by atoms with van der Waals surface area (Å²) in [5.74, 6) is -0.666. The van der Waals surface area contributed by atoms with Gasteiger partial charge in [-0.1, -0.05) is 12.1 Å². The second-order valence-electron chi connectivity index (χ2n) is 6.29. The zero-order valence-corrected chi connectivity index (χ0v) is 15.4. The molecule has 1 aliphatic rings. The number of hydrogen-bond donors (Lipinski definition) is 0. The highest BCUT2D eigenvalue weighted by atomic mass is 32.2. The molecule has 1 aromatic carbocycles. The van der Waals surface area contributed by atoms with Gasteiger partial charge in [-0.25, -0.2) is 8.42 Å². The van der Waals surface area contributed by atoms with Crippen LogP contribution in [0, 0.1) is 17.2 Å². The first-order valence-corrected chi connectivity index (χ1v) is 10.0. The van der Waals surface area contributed by atoms with Crippen molar-refractivity contribution in [3.05, 3.63) is 59.9 Å². The summed E-state index contributed by atoms with van der Waals surface area (Å²) >= 11 is 0. The third-order valence-corrected chi connectivity index (χ3v) is 6.38. The average Bonchev–Trinajstić information content (AvgIpc) is 2.73. The van der Waals surface area contributed by atoms with Gasteiger partial charge < -0.3 is 4.74 Å². The van der Waals surface area contributed by atoms with Gasteiger partial charge in [-0.05, 0) is 42.7 Å². The van der Waals surface area contributed by atoms with E-state index in [-0.39, 0.29) is 36.5 Å². The molecule has 0 unspecified atom stereocenters. The minimum absolute atomic E-state index is 0.0998. The van der Waals surface area contributed by atoms with Crippen molar-refractivity contribution in [2.45, 2.75) is 24.3 Å². The Morgan fingerprint density at radius 1 is 1.26 bits per heavy atom. The molecule has 0 bridgehead atoms. The summed E-state index contributed by atoms with van der Waals surface area (Å²) in [5, 5.41) is 8.90. The van der Waals surface area contributed by atoms with Crippen LogP contribution in [-0.2, 0) is 26.2 Å². The largest absolute Gasteiger partial charge is 0.461 e. The Morgan fingerprint density at radius 3 is 2.70 bits per heavy atom. The van der Waals surface area contributed by atoms with Crippen LogP contribution in [0.4, 0.5) is 0 Å². The normalized spacial score (nSPS) is 15.8. The lowest BCUT2D eigenvalue weighted by molar-refractivity contribution is -0.151. The van der Waals surface area contributed by atoms with E-state index in [1.165, 1.54) is 22.8 Å². The summed E-state index contributed by atoms with van der Waals surface area (Å²) in [5.41, 5.74) is 1.26. The molecule has 0 amide bonds. The predicted molar refractivity (Wildman–Crippen MR) is 96.7 cm³/mol. The van der Waals surface area contributed by atoms with E-state index in [1.54, 1.807) is 30.3 Å². The van der Waals surface area contributed by atoms with Crippen LogP contribution in [0.25, 0.3) is 0 Å². The maximum absolute atomic E-state index is 12.6. The third kappa shape index (κ3) is 4.51. The van der Waals surface area contributed by atoms with Crippen molar-refractivity contribution >= 4 is 16.0 Å². The molecule has 3 rings (SSSR count). The molecule has 27 heavy (non-hydrogen) atoms. The highest BCUT2D eigenvalue weighted by molar-refractivity contribution is 7.89. The van der Waals surface area contributed by atoms with E-state index in [1.807, 2.05) is 6.07 Å². The number of aromatic nitrogens is 1. The summed E-state index contributed by atoms with van der Waals surface area (Å²) in [6.07, 6.45) is 3.67. The Kier molecular flexibility index (Phi) is 5.84. The van der Waals surface area contributed by atoms with Crippen molar-refractivity contribution in [3.8, 4) is 6.07 Å². The fraction of sp³-hybridized carbons (Fsp3) is 0.316. The van der Waals surface area contributed by atoms with Gasteiger partial charge in [0.15, 0.2) is 0 Å². The SMILES string of the molecule is N#Cc1cccc(COC(=O)C2CCN(S(=O)(=O)c3cccnc3)CC2)c1. The van der Waals surface area contributed by atoms with Gasteiger partial charge in [0.2, 0.25) is 10.0 Å². The van der Waals surface area contributed by atoms with E-state index in [4.69, 9.17) is 10.00 Å². The lowest BCUT2D eigenvalue weighted by atomic mass is 9.98. The average molecular weight is 385 g/mol. The van der Waals surface area contributed by atoms with Gasteiger partial charge in [0.1, 0.15) is 11.5 Å². The van der Waals surface area contributed by atoms with Crippen molar-refractivity contribution in [1.29, 1.82) is 5.26 Å². The van der Waals surface area contributed by atoms with Crippen molar-refractivity contribution in [1.82, 2.24) is 9.29 Å². The Bertz CT molecular complexity index is 946. The number of nitrogens with zero attached hydrogens (tertiary/aromatic N) is 3. The van der Waals surface area contributed by atoms with Crippen LogP contribution >= 0.6 is 0 Å². The standard InChI is InChI=1S/C19H19N3O4S/c20-12-15-3-1-4-16(11-15)14-26-19(23)17-6-9-22(10-7-17)27(24,25)18-5-2-8-21-13-18/h1-5,8,11,13,17H,6-7,9-10,14H2. The summed E-state index contributed by atoms with van der Waals surface area (Å²) in [4.78, 5) is 16.3. The Hall–Kier alpha value is -2.76. The fourth-order valence-corrected chi connectivity index (χ4v) is 4.42. The van der Waals surface area contributed by atoms with Crippen LogP contribution in [0.2, 0.25) is 0 Å².